The van der Waals surface area contributed by atoms with Crippen molar-refractivity contribution in [3.63, 3.8) is 0 Å². The number of rotatable bonds is 5. The zero-order valence-electron chi connectivity index (χ0n) is 8.73. The molecule has 0 fully saturated rings. The van der Waals surface area contributed by atoms with Crippen LogP contribution in [0.15, 0.2) is 35.8 Å². The second-order valence-electron chi connectivity index (χ2n) is 3.34. The maximum absolute atomic E-state index is 5.91. The van der Waals surface area contributed by atoms with Crippen LogP contribution < -0.4 is 0 Å². The Morgan fingerprint density at radius 2 is 2.25 bits per heavy atom. The molecule has 0 radical (unpaired) electrons. The van der Waals surface area contributed by atoms with Crippen LogP contribution in [0.5, 0.6) is 0 Å². The van der Waals surface area contributed by atoms with Crippen LogP contribution in [-0.2, 0) is 17.8 Å². The molecule has 0 saturated carbocycles. The summed E-state index contributed by atoms with van der Waals surface area (Å²) in [6.45, 7) is 1.24. The molecule has 84 valence electrons. The van der Waals surface area contributed by atoms with E-state index >= 15 is 0 Å². The van der Waals surface area contributed by atoms with Crippen LogP contribution >= 0.6 is 22.9 Å². The molecular formula is C12H12ClNOS. The monoisotopic (exact) mass is 253 g/mol. The van der Waals surface area contributed by atoms with E-state index in [-0.39, 0.29) is 0 Å². The van der Waals surface area contributed by atoms with E-state index in [9.17, 15) is 0 Å². The lowest BCUT2D eigenvalue weighted by atomic mass is 10.3. The van der Waals surface area contributed by atoms with Crippen LogP contribution in [0.1, 0.15) is 10.4 Å². The predicted octanol–water partition coefficient (Wildman–Crippen LogP) is 3.56. The minimum absolute atomic E-state index is 0.526. The molecule has 0 N–H and O–H groups in total. The van der Waals surface area contributed by atoms with Gasteiger partial charge in [0.1, 0.15) is 5.15 Å². The van der Waals surface area contributed by atoms with E-state index in [1.54, 1.807) is 17.5 Å². The van der Waals surface area contributed by atoms with E-state index in [0.717, 1.165) is 12.0 Å². The van der Waals surface area contributed by atoms with Crippen molar-refractivity contribution in [2.45, 2.75) is 13.0 Å². The number of nitrogens with zero attached hydrogens (tertiary/aromatic N) is 1. The molecule has 0 amide bonds. The first-order chi connectivity index (χ1) is 7.86. The summed E-state index contributed by atoms with van der Waals surface area (Å²) in [6, 6.07) is 7.97. The average molecular weight is 254 g/mol. The van der Waals surface area contributed by atoms with Gasteiger partial charge in [0, 0.05) is 23.1 Å². The van der Waals surface area contributed by atoms with Crippen molar-refractivity contribution >= 4 is 22.9 Å². The normalized spacial score (nSPS) is 10.6. The van der Waals surface area contributed by atoms with E-state index in [1.807, 2.05) is 12.1 Å². The fraction of sp³-hybridized carbons (Fsp3) is 0.250. The molecule has 2 nitrogen and oxygen atoms in total. The summed E-state index contributed by atoms with van der Waals surface area (Å²) in [7, 11) is 0. The zero-order valence-corrected chi connectivity index (χ0v) is 10.3. The van der Waals surface area contributed by atoms with E-state index < -0.39 is 0 Å². The van der Waals surface area contributed by atoms with Gasteiger partial charge in [0.2, 0.25) is 0 Å². The Balaban J connectivity index is 1.74. The van der Waals surface area contributed by atoms with Crippen LogP contribution in [0.3, 0.4) is 0 Å². The minimum atomic E-state index is 0.526. The molecule has 0 aliphatic rings. The highest BCUT2D eigenvalue weighted by Crippen LogP contribution is 2.13. The van der Waals surface area contributed by atoms with E-state index in [0.29, 0.717) is 18.4 Å². The Hall–Kier alpha value is -0.900. The smallest absolute Gasteiger partial charge is 0.134 e. The summed E-state index contributed by atoms with van der Waals surface area (Å²) in [6.07, 6.45) is 2.63. The lowest BCUT2D eigenvalue weighted by Crippen LogP contribution is -1.99. The molecule has 4 heteroatoms. The van der Waals surface area contributed by atoms with E-state index in [1.165, 1.54) is 4.88 Å². The molecule has 0 bridgehead atoms. The molecule has 2 rings (SSSR count). The molecule has 0 saturated heterocycles. The van der Waals surface area contributed by atoms with Crippen LogP contribution in [0.25, 0.3) is 0 Å². The lowest BCUT2D eigenvalue weighted by Gasteiger charge is -2.04. The first kappa shape index (κ1) is 11.6. The second-order valence-corrected chi connectivity index (χ2v) is 4.73. The first-order valence-corrected chi connectivity index (χ1v) is 6.31. The Kier molecular flexibility index (Phi) is 4.34. The summed E-state index contributed by atoms with van der Waals surface area (Å²) >= 11 is 7.67. The second kappa shape index (κ2) is 5.99. The van der Waals surface area contributed by atoms with Crippen molar-refractivity contribution in [2.75, 3.05) is 6.61 Å². The summed E-state index contributed by atoms with van der Waals surface area (Å²) in [5.41, 5.74) is 0.940. The van der Waals surface area contributed by atoms with Crippen LogP contribution in [0.4, 0.5) is 0 Å². The van der Waals surface area contributed by atoms with Crippen molar-refractivity contribution in [1.29, 1.82) is 0 Å². The number of pyridine rings is 1. The molecule has 0 aliphatic carbocycles. The molecule has 2 aromatic rings. The molecule has 0 atom stereocenters. The SMILES string of the molecule is Clc1ncccc1COCCc1cccs1. The average Bonchev–Trinajstić information content (AvgIpc) is 2.79. The number of ether oxygens (including phenoxy) is 1. The van der Waals surface area contributed by atoms with Gasteiger partial charge in [0.25, 0.3) is 0 Å². The van der Waals surface area contributed by atoms with Crippen LogP contribution in [0.2, 0.25) is 5.15 Å². The van der Waals surface area contributed by atoms with Crippen molar-refractivity contribution in [3.8, 4) is 0 Å². The van der Waals surface area contributed by atoms with Gasteiger partial charge < -0.3 is 4.74 Å². The highest BCUT2D eigenvalue weighted by molar-refractivity contribution is 7.09. The quantitative estimate of drug-likeness (QED) is 0.601. The highest BCUT2D eigenvalue weighted by atomic mass is 35.5. The number of hydrogen-bond acceptors (Lipinski definition) is 3. The third kappa shape index (κ3) is 3.30. The first-order valence-electron chi connectivity index (χ1n) is 5.06. The van der Waals surface area contributed by atoms with Gasteiger partial charge in [-0.1, -0.05) is 23.7 Å². The van der Waals surface area contributed by atoms with Crippen LogP contribution in [-0.4, -0.2) is 11.6 Å². The third-order valence-corrected chi connectivity index (χ3v) is 3.44. The third-order valence-electron chi connectivity index (χ3n) is 2.17. The maximum atomic E-state index is 5.91. The maximum Gasteiger partial charge on any atom is 0.134 e. The molecule has 0 spiro atoms. The summed E-state index contributed by atoms with van der Waals surface area (Å²) in [5, 5.41) is 2.60. The van der Waals surface area contributed by atoms with Gasteiger partial charge in [-0.3, -0.25) is 0 Å². The minimum Gasteiger partial charge on any atom is -0.376 e. The fourth-order valence-corrected chi connectivity index (χ4v) is 2.20. The van der Waals surface area contributed by atoms with Gasteiger partial charge >= 0.3 is 0 Å². The molecular weight excluding hydrogens is 242 g/mol. The van der Waals surface area contributed by atoms with E-state index in [2.05, 4.69) is 22.5 Å². The Bertz CT molecular complexity index is 430. The Morgan fingerprint density at radius 1 is 1.31 bits per heavy atom. The number of hydrogen-bond donors (Lipinski definition) is 0. The molecule has 0 aromatic carbocycles. The molecule has 0 unspecified atom stereocenters. The summed E-state index contributed by atoms with van der Waals surface area (Å²) in [4.78, 5) is 5.34. The number of aromatic nitrogens is 1. The lowest BCUT2D eigenvalue weighted by molar-refractivity contribution is 0.124. The molecule has 16 heavy (non-hydrogen) atoms. The van der Waals surface area contributed by atoms with Crippen molar-refractivity contribution < 1.29 is 4.74 Å². The number of halogens is 1. The van der Waals surface area contributed by atoms with Gasteiger partial charge in [-0.05, 0) is 17.5 Å². The summed E-state index contributed by atoms with van der Waals surface area (Å²) in [5.74, 6) is 0. The van der Waals surface area contributed by atoms with Gasteiger partial charge in [-0.15, -0.1) is 11.3 Å². The molecule has 2 aromatic heterocycles. The van der Waals surface area contributed by atoms with Gasteiger partial charge in [-0.25, -0.2) is 4.98 Å². The van der Waals surface area contributed by atoms with Gasteiger partial charge in [0.05, 0.1) is 13.2 Å². The topological polar surface area (TPSA) is 22.1 Å². The Morgan fingerprint density at radius 3 is 3.00 bits per heavy atom. The van der Waals surface area contributed by atoms with Crippen LogP contribution in [0, 0.1) is 0 Å². The molecule has 2 heterocycles. The number of thiophene rings is 1. The highest BCUT2D eigenvalue weighted by Gasteiger charge is 2.00. The Labute approximate surface area is 104 Å². The van der Waals surface area contributed by atoms with E-state index in [4.69, 9.17) is 16.3 Å². The summed E-state index contributed by atoms with van der Waals surface area (Å²) < 4.78 is 5.56. The van der Waals surface area contributed by atoms with Crippen molar-refractivity contribution in [3.05, 3.63) is 51.4 Å². The van der Waals surface area contributed by atoms with Crippen molar-refractivity contribution in [2.24, 2.45) is 0 Å². The largest absolute Gasteiger partial charge is 0.376 e. The van der Waals surface area contributed by atoms with Gasteiger partial charge in [-0.2, -0.15) is 0 Å². The van der Waals surface area contributed by atoms with Crippen molar-refractivity contribution in [1.82, 2.24) is 4.98 Å². The standard InChI is InChI=1S/C12H12ClNOS/c13-12-10(3-1-6-14-12)9-15-7-5-11-4-2-8-16-11/h1-4,6,8H,5,7,9H2. The zero-order chi connectivity index (χ0) is 11.2. The fourth-order valence-electron chi connectivity index (χ4n) is 1.34. The van der Waals surface area contributed by atoms with Gasteiger partial charge in [0.15, 0.2) is 0 Å². The molecule has 0 aliphatic heterocycles. The predicted molar refractivity (Wildman–Crippen MR) is 66.9 cm³/mol.